The van der Waals surface area contributed by atoms with Crippen LogP contribution in [0.25, 0.3) is 0 Å². The van der Waals surface area contributed by atoms with E-state index in [1.807, 2.05) is 0 Å². The van der Waals surface area contributed by atoms with E-state index in [1.165, 1.54) is 128 Å². The number of nitrogens with one attached hydrogen (secondary N) is 2. The number of hydrogen-bond donors (Lipinski definition) is 3. The second-order valence-corrected chi connectivity index (χ2v) is 12.2. The third-order valence-corrected chi connectivity index (χ3v) is 8.12. The largest absolute Gasteiger partial charge is 0.450 e. The Hall–Kier alpha value is -1.01. The first-order chi connectivity index (χ1) is 20.2. The summed E-state index contributed by atoms with van der Waals surface area (Å²) in [6.45, 7) is 6.20. The summed E-state index contributed by atoms with van der Waals surface area (Å²) in [4.78, 5) is 25.1. The van der Waals surface area contributed by atoms with Gasteiger partial charge in [0, 0.05) is 6.54 Å². The molecule has 2 amide bonds. The first-order valence-corrected chi connectivity index (χ1v) is 18.1. The van der Waals surface area contributed by atoms with Crippen molar-refractivity contribution in [2.75, 3.05) is 19.7 Å². The van der Waals surface area contributed by atoms with Crippen molar-refractivity contribution in [3.05, 3.63) is 0 Å². The number of carbonyl (C=O) groups excluding carboxylic acids is 2. The van der Waals surface area contributed by atoms with Crippen LogP contribution in [-0.2, 0) is 9.53 Å². The molecule has 0 fully saturated rings. The smallest absolute Gasteiger partial charge is 0.407 e. The van der Waals surface area contributed by atoms with Gasteiger partial charge in [-0.15, -0.1) is 12.4 Å². The topological polar surface area (TPSA) is 93.4 Å². The van der Waals surface area contributed by atoms with Crippen LogP contribution in [0.5, 0.6) is 0 Å². The van der Waals surface area contributed by atoms with Gasteiger partial charge in [0.05, 0.1) is 6.61 Å². The van der Waals surface area contributed by atoms with Crippen LogP contribution < -0.4 is 16.4 Å². The van der Waals surface area contributed by atoms with Crippen LogP contribution in [-0.4, -0.2) is 37.7 Å². The van der Waals surface area contributed by atoms with E-state index in [1.54, 1.807) is 0 Å². The molecule has 1 atom stereocenters. The number of alkyl carbamates (subject to hydrolysis) is 1. The van der Waals surface area contributed by atoms with E-state index < -0.39 is 12.1 Å². The normalized spacial score (nSPS) is 11.6. The summed E-state index contributed by atoms with van der Waals surface area (Å²) >= 11 is 0. The number of amides is 2. The van der Waals surface area contributed by atoms with E-state index in [4.69, 9.17) is 10.5 Å². The van der Waals surface area contributed by atoms with Crippen LogP contribution in [0.2, 0.25) is 0 Å². The molecule has 0 bridgehead atoms. The number of nitrogens with two attached hydrogens (primary N) is 1. The Morgan fingerprint density at radius 1 is 0.571 bits per heavy atom. The quantitative estimate of drug-likeness (QED) is 0.0654. The number of hydrogen-bond acceptors (Lipinski definition) is 4. The second-order valence-electron chi connectivity index (χ2n) is 12.2. The highest BCUT2D eigenvalue weighted by Gasteiger charge is 2.20. The van der Waals surface area contributed by atoms with Gasteiger partial charge in [0.2, 0.25) is 5.91 Å². The van der Waals surface area contributed by atoms with E-state index >= 15 is 0 Å². The average molecular weight is 618 g/mol. The number of carbonyl (C=O) groups is 2. The zero-order chi connectivity index (χ0) is 30.1. The van der Waals surface area contributed by atoms with Crippen LogP contribution >= 0.6 is 12.4 Å². The predicted molar refractivity (Wildman–Crippen MR) is 184 cm³/mol. The minimum Gasteiger partial charge on any atom is -0.450 e. The van der Waals surface area contributed by atoms with Gasteiger partial charge in [-0.05, 0) is 38.6 Å². The number of unbranched alkanes of at least 4 members (excludes halogenated alkanes) is 23. The standard InChI is InChI=1S/C35H71N3O3.ClH/c1-3-5-7-9-11-13-15-16-17-18-20-22-24-28-32-41-35(40)38-33(29-25-26-30-36)34(39)37-31-27-23-21-19-14-12-10-8-6-4-2;/h33H,3-32,36H2,1-2H3,(H,37,39)(H,38,40);1H. The SMILES string of the molecule is CCCCCCCCCCCCCCCCOC(=O)NC(CCCCN)C(=O)NCCCCCCCCCCCC.Cl. The Labute approximate surface area is 267 Å². The highest BCUT2D eigenvalue weighted by atomic mass is 35.5. The minimum atomic E-state index is -0.548. The van der Waals surface area contributed by atoms with Gasteiger partial charge in [0.15, 0.2) is 0 Å². The molecular formula is C35H72ClN3O3. The molecule has 0 aromatic carbocycles. The third kappa shape index (κ3) is 31.9. The zero-order valence-corrected chi connectivity index (χ0v) is 28.8. The molecule has 6 nitrogen and oxygen atoms in total. The van der Waals surface area contributed by atoms with Crippen molar-refractivity contribution in [3.8, 4) is 0 Å². The molecule has 0 aromatic heterocycles. The molecule has 0 heterocycles. The van der Waals surface area contributed by atoms with Gasteiger partial charge < -0.3 is 21.1 Å². The molecular weight excluding hydrogens is 546 g/mol. The highest BCUT2D eigenvalue weighted by Crippen LogP contribution is 2.13. The molecule has 0 radical (unpaired) electrons. The van der Waals surface area contributed by atoms with Crippen LogP contribution in [0, 0.1) is 0 Å². The van der Waals surface area contributed by atoms with Crippen molar-refractivity contribution in [3.63, 3.8) is 0 Å². The maximum Gasteiger partial charge on any atom is 0.407 e. The van der Waals surface area contributed by atoms with E-state index in [2.05, 4.69) is 24.5 Å². The molecule has 0 aliphatic carbocycles. The first kappa shape index (κ1) is 43.1. The summed E-state index contributed by atoms with van der Waals surface area (Å²) in [6.07, 6.45) is 32.7. The number of halogens is 1. The Balaban J connectivity index is 0. The molecule has 0 aliphatic heterocycles. The highest BCUT2D eigenvalue weighted by molar-refractivity contribution is 5.85. The number of ether oxygens (including phenoxy) is 1. The summed E-state index contributed by atoms with van der Waals surface area (Å²) in [7, 11) is 0. The molecule has 0 rings (SSSR count). The fourth-order valence-corrected chi connectivity index (χ4v) is 5.35. The second kappa shape index (κ2) is 36.2. The Morgan fingerprint density at radius 2 is 0.976 bits per heavy atom. The maximum atomic E-state index is 12.7. The fourth-order valence-electron chi connectivity index (χ4n) is 5.35. The number of rotatable bonds is 32. The average Bonchev–Trinajstić information content (AvgIpc) is 2.97. The van der Waals surface area contributed by atoms with Gasteiger partial charge in [-0.25, -0.2) is 4.79 Å². The van der Waals surface area contributed by atoms with E-state index in [-0.39, 0.29) is 18.3 Å². The third-order valence-electron chi connectivity index (χ3n) is 8.12. The van der Waals surface area contributed by atoms with E-state index in [9.17, 15) is 9.59 Å². The molecule has 42 heavy (non-hydrogen) atoms. The predicted octanol–water partition coefficient (Wildman–Crippen LogP) is 10.2. The first-order valence-electron chi connectivity index (χ1n) is 18.1. The molecule has 0 aliphatic rings. The van der Waals surface area contributed by atoms with Gasteiger partial charge in [-0.1, -0.05) is 155 Å². The summed E-state index contributed by atoms with van der Waals surface area (Å²) < 4.78 is 5.39. The van der Waals surface area contributed by atoms with Gasteiger partial charge in [-0.3, -0.25) is 4.79 Å². The van der Waals surface area contributed by atoms with Crippen molar-refractivity contribution in [1.82, 2.24) is 10.6 Å². The van der Waals surface area contributed by atoms with Crippen molar-refractivity contribution in [2.45, 2.75) is 193 Å². The molecule has 7 heteroatoms. The summed E-state index contributed by atoms with van der Waals surface area (Å²) in [5.41, 5.74) is 5.63. The van der Waals surface area contributed by atoms with Gasteiger partial charge in [0.25, 0.3) is 0 Å². The van der Waals surface area contributed by atoms with Crippen LogP contribution in [0.1, 0.15) is 187 Å². The van der Waals surface area contributed by atoms with E-state index in [0.717, 1.165) is 38.5 Å². The fraction of sp³-hybridized carbons (Fsp3) is 0.943. The molecule has 0 saturated carbocycles. The van der Waals surface area contributed by atoms with E-state index in [0.29, 0.717) is 26.1 Å². The Bertz CT molecular complexity index is 566. The van der Waals surface area contributed by atoms with Crippen molar-refractivity contribution >= 4 is 24.4 Å². The lowest BCUT2D eigenvalue weighted by Crippen LogP contribution is -2.47. The Kier molecular flexibility index (Phi) is 37.1. The molecule has 0 saturated heterocycles. The molecule has 4 N–H and O–H groups in total. The molecule has 0 aromatic rings. The van der Waals surface area contributed by atoms with Gasteiger partial charge >= 0.3 is 6.09 Å². The van der Waals surface area contributed by atoms with Crippen LogP contribution in [0.3, 0.4) is 0 Å². The monoisotopic (exact) mass is 618 g/mol. The molecule has 252 valence electrons. The minimum absolute atomic E-state index is 0. The van der Waals surface area contributed by atoms with Crippen molar-refractivity contribution in [1.29, 1.82) is 0 Å². The van der Waals surface area contributed by atoms with Crippen molar-refractivity contribution < 1.29 is 14.3 Å². The zero-order valence-electron chi connectivity index (χ0n) is 28.0. The Morgan fingerprint density at radius 3 is 1.40 bits per heavy atom. The lowest BCUT2D eigenvalue weighted by Gasteiger charge is -2.18. The van der Waals surface area contributed by atoms with Crippen LogP contribution in [0.15, 0.2) is 0 Å². The summed E-state index contributed by atoms with van der Waals surface area (Å²) in [5.74, 6) is -0.105. The molecule has 0 spiro atoms. The van der Waals surface area contributed by atoms with Gasteiger partial charge in [0.1, 0.15) is 6.04 Å². The maximum absolute atomic E-state index is 12.7. The lowest BCUT2D eigenvalue weighted by molar-refractivity contribution is -0.123. The summed E-state index contributed by atoms with van der Waals surface area (Å²) in [5, 5.41) is 5.82. The van der Waals surface area contributed by atoms with Gasteiger partial charge in [-0.2, -0.15) is 0 Å². The molecule has 1 unspecified atom stereocenters. The summed E-state index contributed by atoms with van der Waals surface area (Å²) in [6, 6.07) is -0.548. The lowest BCUT2D eigenvalue weighted by atomic mass is 10.0. The van der Waals surface area contributed by atoms with Crippen LogP contribution in [0.4, 0.5) is 4.79 Å². The van der Waals surface area contributed by atoms with Crippen molar-refractivity contribution in [2.24, 2.45) is 5.73 Å².